The minimum atomic E-state index is -1.06. The van der Waals surface area contributed by atoms with Gasteiger partial charge in [-0.1, -0.05) is 0 Å². The lowest BCUT2D eigenvalue weighted by Gasteiger charge is -2.20. The highest BCUT2D eigenvalue weighted by molar-refractivity contribution is 5.74. The van der Waals surface area contributed by atoms with Crippen molar-refractivity contribution in [2.75, 3.05) is 6.61 Å². The molecule has 0 bridgehead atoms. The van der Waals surface area contributed by atoms with Gasteiger partial charge >= 0.3 is 12.1 Å². The number of aliphatic hydroxyl groups is 1. The van der Waals surface area contributed by atoms with Crippen LogP contribution in [0.25, 0.3) is 0 Å². The molecule has 0 aromatic heterocycles. The third-order valence-corrected chi connectivity index (χ3v) is 2.37. The van der Waals surface area contributed by atoms with Crippen LogP contribution in [0.2, 0.25) is 0 Å². The Labute approximate surface area is 100 Å². The monoisotopic (exact) mass is 246 g/mol. The van der Waals surface area contributed by atoms with E-state index in [4.69, 9.17) is 14.6 Å². The molecule has 1 fully saturated rings. The van der Waals surface area contributed by atoms with Crippen LogP contribution in [-0.2, 0) is 14.3 Å². The van der Waals surface area contributed by atoms with Crippen LogP contribution in [-0.4, -0.2) is 50.8 Å². The summed E-state index contributed by atoms with van der Waals surface area (Å²) in [6.07, 6.45) is -0.424. The second-order valence-electron chi connectivity index (χ2n) is 5.48. The van der Waals surface area contributed by atoms with Gasteiger partial charge in [0, 0.05) is 13.8 Å². The van der Waals surface area contributed by atoms with E-state index in [1.165, 1.54) is 4.58 Å². The highest BCUT2D eigenvalue weighted by Gasteiger charge is 2.53. The van der Waals surface area contributed by atoms with Gasteiger partial charge in [-0.25, -0.2) is 4.79 Å². The number of aliphatic hydroxyl groups excluding tert-OH is 1. The normalized spacial score (nSPS) is 26.8. The molecule has 1 heterocycles. The largest absolute Gasteiger partial charge is 0.550 e. The van der Waals surface area contributed by atoms with E-state index in [0.29, 0.717) is 0 Å². The smallest absolute Gasteiger partial charge is 0.476 e. The Balaban J connectivity index is 3.12. The summed E-state index contributed by atoms with van der Waals surface area (Å²) in [5, 5.41) is 19.0. The number of aliphatic carboxylic acids is 1. The lowest BCUT2D eigenvalue weighted by molar-refractivity contribution is -0.641. The van der Waals surface area contributed by atoms with Crippen molar-refractivity contribution in [2.45, 2.75) is 52.0 Å². The number of carbonyl (C=O) groups is 1. The molecule has 6 nitrogen and oxygen atoms in total. The predicted octanol–water partition coefficient (Wildman–Crippen LogP) is 0.947. The van der Waals surface area contributed by atoms with Crippen LogP contribution in [0.5, 0.6) is 0 Å². The number of hydrogen-bond acceptors (Lipinski definition) is 3. The van der Waals surface area contributed by atoms with Gasteiger partial charge in [0.15, 0.2) is 0 Å². The Hall–Kier alpha value is -1.30. The third-order valence-electron chi connectivity index (χ3n) is 2.37. The van der Waals surface area contributed by atoms with Gasteiger partial charge in [-0.05, 0) is 20.8 Å². The standard InChI is InChI=1S/C11H19NO5/c1-10(2,3)17-9(15)12-7(8(13)14)6-16-11(12,4)5/h7H,6H2,1-5H3,(H,13,14)/p+1. The lowest BCUT2D eigenvalue weighted by Crippen LogP contribution is -2.45. The number of carboxylic acid groups (broad SMARTS) is 1. The van der Waals surface area contributed by atoms with Crippen LogP contribution < -0.4 is 0 Å². The maximum absolute atomic E-state index is 11.1. The molecular formula is C11H20NO5+. The molecule has 0 spiro atoms. The molecule has 1 aliphatic heterocycles. The number of nitrogens with zero attached hydrogens (tertiary/aromatic N) is 1. The fourth-order valence-corrected chi connectivity index (χ4v) is 1.67. The molecular weight excluding hydrogens is 226 g/mol. The van der Waals surface area contributed by atoms with Crippen LogP contribution in [0.4, 0.5) is 0 Å². The summed E-state index contributed by atoms with van der Waals surface area (Å²) in [6.45, 7) is 8.67. The highest BCUT2D eigenvalue weighted by atomic mass is 16.6. The van der Waals surface area contributed by atoms with Crippen LogP contribution in [0.3, 0.4) is 0 Å². The van der Waals surface area contributed by atoms with Crippen LogP contribution in [0.1, 0.15) is 34.6 Å². The fourth-order valence-electron chi connectivity index (χ4n) is 1.67. The molecule has 0 aromatic rings. The molecule has 0 radical (unpaired) electrons. The number of rotatable bonds is 1. The molecule has 2 N–H and O–H groups in total. The molecule has 0 amide bonds. The summed E-state index contributed by atoms with van der Waals surface area (Å²) in [5.41, 5.74) is -1.51. The molecule has 0 saturated carbocycles. The zero-order chi connectivity index (χ0) is 13.4. The van der Waals surface area contributed by atoms with Gasteiger partial charge in [-0.2, -0.15) is 0 Å². The quantitative estimate of drug-likeness (QED) is 0.532. The molecule has 1 atom stereocenters. The first kappa shape index (κ1) is 13.8. The summed E-state index contributed by atoms with van der Waals surface area (Å²) in [6, 6.07) is -0.938. The average Bonchev–Trinajstić information content (AvgIpc) is 2.37. The van der Waals surface area contributed by atoms with Crippen molar-refractivity contribution in [2.24, 2.45) is 0 Å². The Morgan fingerprint density at radius 2 is 1.94 bits per heavy atom. The van der Waals surface area contributed by atoms with Crippen molar-refractivity contribution >= 4 is 12.1 Å². The number of hydrogen-bond donors (Lipinski definition) is 2. The summed E-state index contributed by atoms with van der Waals surface area (Å²) in [4.78, 5) is 11.1. The fraction of sp³-hybridized carbons (Fsp3) is 0.818. The van der Waals surface area contributed by atoms with Gasteiger partial charge in [0.25, 0.3) is 11.8 Å². The number of carboxylic acids is 1. The van der Waals surface area contributed by atoms with E-state index >= 15 is 0 Å². The van der Waals surface area contributed by atoms with Crippen molar-refractivity contribution in [3.05, 3.63) is 0 Å². The Kier molecular flexibility index (Phi) is 3.38. The molecule has 17 heavy (non-hydrogen) atoms. The SMILES string of the molecule is CC(C)(C)OC(O)=[N+]1C(C(=O)O)COC1(C)C. The van der Waals surface area contributed by atoms with Gasteiger partial charge < -0.3 is 19.7 Å². The van der Waals surface area contributed by atoms with Crippen molar-refractivity contribution in [3.63, 3.8) is 0 Å². The van der Waals surface area contributed by atoms with Crippen LogP contribution in [0.15, 0.2) is 0 Å². The third kappa shape index (κ3) is 3.09. The van der Waals surface area contributed by atoms with Crippen molar-refractivity contribution in [1.82, 2.24) is 0 Å². The summed E-state index contributed by atoms with van der Waals surface area (Å²) >= 11 is 0. The van der Waals surface area contributed by atoms with E-state index < -0.39 is 29.4 Å². The molecule has 6 heteroatoms. The van der Waals surface area contributed by atoms with Crippen molar-refractivity contribution in [3.8, 4) is 0 Å². The minimum Gasteiger partial charge on any atom is -0.476 e. The van der Waals surface area contributed by atoms with E-state index in [1.54, 1.807) is 34.6 Å². The van der Waals surface area contributed by atoms with Gasteiger partial charge in [0.05, 0.1) is 0 Å². The van der Waals surface area contributed by atoms with E-state index in [9.17, 15) is 9.90 Å². The average molecular weight is 246 g/mol. The number of ether oxygens (including phenoxy) is 2. The van der Waals surface area contributed by atoms with Gasteiger partial charge in [-0.15, -0.1) is 4.58 Å². The zero-order valence-electron chi connectivity index (χ0n) is 10.9. The van der Waals surface area contributed by atoms with E-state index in [-0.39, 0.29) is 6.61 Å². The lowest BCUT2D eigenvalue weighted by atomic mass is 10.2. The van der Waals surface area contributed by atoms with E-state index in [0.717, 1.165) is 0 Å². The first-order valence-corrected chi connectivity index (χ1v) is 5.45. The summed E-state index contributed by atoms with van der Waals surface area (Å²) in [5.74, 6) is -1.06. The molecule has 0 aromatic carbocycles. The second-order valence-corrected chi connectivity index (χ2v) is 5.48. The minimum absolute atomic E-state index is 0.0138. The summed E-state index contributed by atoms with van der Waals surface area (Å²) < 4.78 is 11.9. The molecule has 1 aliphatic rings. The summed E-state index contributed by atoms with van der Waals surface area (Å²) in [7, 11) is 0. The molecule has 0 aliphatic carbocycles. The Morgan fingerprint density at radius 3 is 2.35 bits per heavy atom. The first-order valence-electron chi connectivity index (χ1n) is 5.45. The second kappa shape index (κ2) is 4.18. The van der Waals surface area contributed by atoms with Crippen molar-refractivity contribution < 1.29 is 29.1 Å². The topological polar surface area (TPSA) is 79.0 Å². The molecule has 1 rings (SSSR count). The Bertz CT molecular complexity index is 353. The van der Waals surface area contributed by atoms with E-state index in [1.807, 2.05) is 0 Å². The maximum Gasteiger partial charge on any atom is 0.550 e. The maximum atomic E-state index is 11.1. The van der Waals surface area contributed by atoms with Crippen LogP contribution in [0, 0.1) is 0 Å². The van der Waals surface area contributed by atoms with Crippen molar-refractivity contribution in [1.29, 1.82) is 0 Å². The predicted molar refractivity (Wildman–Crippen MR) is 60.2 cm³/mol. The first-order chi connectivity index (χ1) is 7.54. The molecule has 1 unspecified atom stereocenters. The zero-order valence-corrected chi connectivity index (χ0v) is 10.9. The molecule has 98 valence electrons. The van der Waals surface area contributed by atoms with Gasteiger partial charge in [-0.3, -0.25) is 0 Å². The van der Waals surface area contributed by atoms with E-state index in [2.05, 4.69) is 0 Å². The highest BCUT2D eigenvalue weighted by Crippen LogP contribution is 2.24. The Morgan fingerprint density at radius 1 is 1.41 bits per heavy atom. The van der Waals surface area contributed by atoms with Crippen LogP contribution >= 0.6 is 0 Å². The van der Waals surface area contributed by atoms with Gasteiger partial charge in [0.1, 0.15) is 12.2 Å². The van der Waals surface area contributed by atoms with Gasteiger partial charge in [0.2, 0.25) is 0 Å². The molecule has 1 saturated heterocycles.